The minimum absolute atomic E-state index is 0.0456. The quantitative estimate of drug-likeness (QED) is 0.567. The maximum atomic E-state index is 8.94. The zero-order chi connectivity index (χ0) is 12.6. The van der Waals surface area contributed by atoms with E-state index in [0.717, 1.165) is 19.3 Å². The first-order chi connectivity index (χ1) is 7.53. The Balaban J connectivity index is 4.42. The summed E-state index contributed by atoms with van der Waals surface area (Å²) < 4.78 is 0. The number of aliphatic hydroxyl groups is 1. The predicted octanol–water partition coefficient (Wildman–Crippen LogP) is 1.89. The summed E-state index contributed by atoms with van der Waals surface area (Å²) in [5, 5.41) is 12.5. The summed E-state index contributed by atoms with van der Waals surface area (Å²) in [5.74, 6) is 0.692. The highest BCUT2D eigenvalue weighted by molar-refractivity contribution is 4.91. The first-order valence-corrected chi connectivity index (χ1v) is 6.62. The number of aliphatic hydroxyl groups excluding tert-OH is 1. The van der Waals surface area contributed by atoms with E-state index in [9.17, 15) is 0 Å². The smallest absolute Gasteiger partial charge is 0.0445 e. The molecule has 0 aromatic rings. The average Bonchev–Trinajstić information content (AvgIpc) is 2.28. The molecule has 0 aromatic carbocycles. The van der Waals surface area contributed by atoms with Crippen molar-refractivity contribution in [3.63, 3.8) is 0 Å². The van der Waals surface area contributed by atoms with Gasteiger partial charge in [-0.1, -0.05) is 27.2 Å². The van der Waals surface area contributed by atoms with Crippen LogP contribution in [0.1, 0.15) is 53.4 Å². The van der Waals surface area contributed by atoms with Crippen molar-refractivity contribution in [2.45, 2.75) is 65.0 Å². The van der Waals surface area contributed by atoms with E-state index in [2.05, 4.69) is 33.0 Å². The maximum absolute atomic E-state index is 8.94. The highest BCUT2D eigenvalue weighted by Gasteiger charge is 2.29. The van der Waals surface area contributed by atoms with Gasteiger partial charge >= 0.3 is 0 Å². The largest absolute Gasteiger partial charge is 0.396 e. The first kappa shape index (κ1) is 15.9. The minimum atomic E-state index is 0.0456. The molecule has 4 N–H and O–H groups in total. The van der Waals surface area contributed by atoms with Crippen LogP contribution in [0.2, 0.25) is 0 Å². The van der Waals surface area contributed by atoms with E-state index in [1.54, 1.807) is 0 Å². The van der Waals surface area contributed by atoms with Crippen LogP contribution in [0.25, 0.3) is 0 Å². The van der Waals surface area contributed by atoms with Gasteiger partial charge in [-0.25, -0.2) is 0 Å². The number of nitrogens with two attached hydrogens (primary N) is 1. The summed E-state index contributed by atoms with van der Waals surface area (Å²) in [6.45, 7) is 9.71. The van der Waals surface area contributed by atoms with Crippen LogP contribution in [0.5, 0.6) is 0 Å². The number of rotatable bonds is 9. The van der Waals surface area contributed by atoms with Gasteiger partial charge in [0.15, 0.2) is 0 Å². The fourth-order valence-corrected chi connectivity index (χ4v) is 2.19. The third kappa shape index (κ3) is 5.28. The van der Waals surface area contributed by atoms with E-state index < -0.39 is 0 Å². The van der Waals surface area contributed by atoms with Crippen molar-refractivity contribution in [1.29, 1.82) is 0 Å². The third-order valence-corrected chi connectivity index (χ3v) is 3.62. The molecule has 0 aliphatic heterocycles. The van der Waals surface area contributed by atoms with Crippen LogP contribution in [0.4, 0.5) is 0 Å². The fourth-order valence-electron chi connectivity index (χ4n) is 2.19. The molecule has 0 radical (unpaired) electrons. The number of hydrogen-bond donors (Lipinski definition) is 3. The van der Waals surface area contributed by atoms with Crippen LogP contribution in [0, 0.1) is 5.92 Å². The number of hydrogen-bond acceptors (Lipinski definition) is 3. The van der Waals surface area contributed by atoms with Crippen molar-refractivity contribution < 1.29 is 5.11 Å². The van der Waals surface area contributed by atoms with Crippen molar-refractivity contribution in [3.05, 3.63) is 0 Å². The summed E-state index contributed by atoms with van der Waals surface area (Å²) >= 11 is 0. The molecule has 3 heteroatoms. The molecule has 98 valence electrons. The Morgan fingerprint density at radius 2 is 1.94 bits per heavy atom. The van der Waals surface area contributed by atoms with Gasteiger partial charge < -0.3 is 16.2 Å². The Bertz CT molecular complexity index is 169. The van der Waals surface area contributed by atoms with Crippen LogP contribution in [0.15, 0.2) is 0 Å². The van der Waals surface area contributed by atoms with Gasteiger partial charge in [-0.15, -0.1) is 0 Å². The van der Waals surface area contributed by atoms with Gasteiger partial charge in [-0.05, 0) is 32.1 Å². The zero-order valence-electron chi connectivity index (χ0n) is 11.4. The molecule has 0 aromatic heterocycles. The van der Waals surface area contributed by atoms with Gasteiger partial charge in [-0.3, -0.25) is 0 Å². The second-order valence-electron chi connectivity index (χ2n) is 5.11. The summed E-state index contributed by atoms with van der Waals surface area (Å²) in [7, 11) is 0. The van der Waals surface area contributed by atoms with Crippen molar-refractivity contribution in [2.24, 2.45) is 11.7 Å². The average molecular weight is 230 g/mol. The maximum Gasteiger partial charge on any atom is 0.0445 e. The van der Waals surface area contributed by atoms with E-state index >= 15 is 0 Å². The molecule has 0 amide bonds. The molecule has 0 aliphatic rings. The van der Waals surface area contributed by atoms with E-state index in [1.165, 1.54) is 6.42 Å². The SMILES string of the molecule is CCC(C)CC(CC)(CN)NC(C)CCO. The minimum Gasteiger partial charge on any atom is -0.396 e. The predicted molar refractivity (Wildman–Crippen MR) is 70.4 cm³/mol. The standard InChI is InChI=1S/C13H30N2O/c1-5-11(3)9-13(6-2,10-14)15-12(4)7-8-16/h11-12,15-16H,5-10,14H2,1-4H3. The highest BCUT2D eigenvalue weighted by Crippen LogP contribution is 2.22. The molecular formula is C13H30N2O. The summed E-state index contributed by atoms with van der Waals surface area (Å²) in [6.07, 6.45) is 4.15. The molecule has 0 saturated heterocycles. The van der Waals surface area contributed by atoms with Gasteiger partial charge in [-0.2, -0.15) is 0 Å². The molecule has 0 fully saturated rings. The normalized spacial score (nSPS) is 19.1. The van der Waals surface area contributed by atoms with Gasteiger partial charge in [0.25, 0.3) is 0 Å². The molecule has 0 aliphatic carbocycles. The zero-order valence-corrected chi connectivity index (χ0v) is 11.4. The van der Waals surface area contributed by atoms with Gasteiger partial charge in [0, 0.05) is 24.7 Å². The second kappa shape index (κ2) is 8.04. The molecular weight excluding hydrogens is 200 g/mol. The molecule has 0 spiro atoms. The molecule has 0 saturated carbocycles. The fraction of sp³-hybridized carbons (Fsp3) is 1.00. The lowest BCUT2D eigenvalue weighted by Crippen LogP contribution is -2.55. The Labute approximate surface area is 101 Å². The lowest BCUT2D eigenvalue weighted by molar-refractivity contribution is 0.205. The van der Waals surface area contributed by atoms with Crippen molar-refractivity contribution in [1.82, 2.24) is 5.32 Å². The van der Waals surface area contributed by atoms with Crippen LogP contribution >= 0.6 is 0 Å². The Kier molecular flexibility index (Phi) is 7.98. The lowest BCUT2D eigenvalue weighted by atomic mass is 9.84. The molecule has 0 heterocycles. The van der Waals surface area contributed by atoms with Crippen molar-refractivity contribution in [3.8, 4) is 0 Å². The summed E-state index contributed by atoms with van der Waals surface area (Å²) in [5.41, 5.74) is 5.99. The molecule has 3 atom stereocenters. The van der Waals surface area contributed by atoms with Crippen LogP contribution < -0.4 is 11.1 Å². The van der Waals surface area contributed by atoms with Crippen LogP contribution in [-0.4, -0.2) is 29.8 Å². The van der Waals surface area contributed by atoms with Crippen molar-refractivity contribution >= 4 is 0 Å². The van der Waals surface area contributed by atoms with Gasteiger partial charge in [0.1, 0.15) is 0 Å². The van der Waals surface area contributed by atoms with Crippen molar-refractivity contribution in [2.75, 3.05) is 13.2 Å². The first-order valence-electron chi connectivity index (χ1n) is 6.62. The Morgan fingerprint density at radius 3 is 2.31 bits per heavy atom. The molecule has 0 bridgehead atoms. The topological polar surface area (TPSA) is 58.3 Å². The van der Waals surface area contributed by atoms with E-state index in [-0.39, 0.29) is 12.1 Å². The van der Waals surface area contributed by atoms with Gasteiger partial charge in [0.05, 0.1) is 0 Å². The number of nitrogens with one attached hydrogen (secondary N) is 1. The molecule has 3 nitrogen and oxygen atoms in total. The van der Waals surface area contributed by atoms with Crippen LogP contribution in [-0.2, 0) is 0 Å². The Morgan fingerprint density at radius 1 is 1.31 bits per heavy atom. The highest BCUT2D eigenvalue weighted by atomic mass is 16.3. The summed E-state index contributed by atoms with van der Waals surface area (Å²) in [4.78, 5) is 0. The van der Waals surface area contributed by atoms with E-state index in [4.69, 9.17) is 10.8 Å². The third-order valence-electron chi connectivity index (χ3n) is 3.62. The Hall–Kier alpha value is -0.120. The molecule has 0 rings (SSSR count). The monoisotopic (exact) mass is 230 g/mol. The lowest BCUT2D eigenvalue weighted by Gasteiger charge is -2.37. The molecule has 16 heavy (non-hydrogen) atoms. The van der Waals surface area contributed by atoms with Crippen LogP contribution in [0.3, 0.4) is 0 Å². The van der Waals surface area contributed by atoms with Gasteiger partial charge in [0.2, 0.25) is 0 Å². The second-order valence-corrected chi connectivity index (χ2v) is 5.11. The van der Waals surface area contributed by atoms with E-state index in [0.29, 0.717) is 18.5 Å². The molecule has 3 unspecified atom stereocenters. The van der Waals surface area contributed by atoms with E-state index in [1.807, 2.05) is 0 Å². The summed E-state index contributed by atoms with van der Waals surface area (Å²) in [6, 6.07) is 0.331.